The molecule has 0 aliphatic carbocycles. The average Bonchev–Trinajstić information content (AvgIpc) is 3.17. The number of fused-ring (bicyclic) bond motifs is 1. The first-order valence-corrected chi connectivity index (χ1v) is 10.0. The van der Waals surface area contributed by atoms with Crippen LogP contribution in [0.2, 0.25) is 0 Å². The fourth-order valence-corrected chi connectivity index (χ4v) is 3.77. The van der Waals surface area contributed by atoms with Gasteiger partial charge in [0.05, 0.1) is 16.9 Å². The summed E-state index contributed by atoms with van der Waals surface area (Å²) < 4.78 is 45.2. The number of anilines is 3. The summed E-state index contributed by atoms with van der Waals surface area (Å²) in [5.74, 6) is -0.579. The molecule has 1 aromatic heterocycles. The number of aromatic nitrogens is 1. The number of carbonyl (C=O) groups is 1. The van der Waals surface area contributed by atoms with E-state index in [2.05, 4.69) is 10.3 Å². The number of carbonyl (C=O) groups excluding carboxylic acids is 1. The van der Waals surface area contributed by atoms with Crippen LogP contribution in [0.15, 0.2) is 46.9 Å². The molecule has 0 bridgehead atoms. The summed E-state index contributed by atoms with van der Waals surface area (Å²) in [4.78, 5) is 21.0. The Morgan fingerprint density at radius 1 is 1.16 bits per heavy atom. The first-order valence-electron chi connectivity index (χ1n) is 10.0. The van der Waals surface area contributed by atoms with Crippen molar-refractivity contribution in [3.63, 3.8) is 0 Å². The van der Waals surface area contributed by atoms with Crippen LogP contribution in [-0.2, 0) is 11.0 Å². The minimum Gasteiger partial charge on any atom is -0.423 e. The summed E-state index contributed by atoms with van der Waals surface area (Å²) in [6, 6.07) is 11.4. The van der Waals surface area contributed by atoms with Gasteiger partial charge in [-0.2, -0.15) is 18.2 Å². The standard InChI is InChI=1S/C22H23F3N4O2/c1-28(2)18-8-7-15(22(23,24)25)13-17(18)26-20(30)14-9-11-29(12-10-14)21-27-16-5-3-4-6-19(16)31-21/h3-8,13-14H,9-12H2,1-2H3,(H,26,30). The van der Waals surface area contributed by atoms with Gasteiger partial charge in [0.2, 0.25) is 5.91 Å². The Kier molecular flexibility index (Phi) is 5.51. The molecule has 1 aliphatic rings. The summed E-state index contributed by atoms with van der Waals surface area (Å²) in [5, 5.41) is 2.71. The number of amides is 1. The number of hydrogen-bond donors (Lipinski definition) is 1. The molecule has 2 heterocycles. The van der Waals surface area contributed by atoms with Gasteiger partial charge in [0.1, 0.15) is 5.52 Å². The predicted octanol–water partition coefficient (Wildman–Crippen LogP) is 4.77. The van der Waals surface area contributed by atoms with Crippen LogP contribution in [0.1, 0.15) is 18.4 Å². The predicted molar refractivity (Wildman–Crippen MR) is 113 cm³/mol. The second-order valence-electron chi connectivity index (χ2n) is 7.84. The van der Waals surface area contributed by atoms with Gasteiger partial charge in [-0.15, -0.1) is 0 Å². The Morgan fingerprint density at radius 3 is 2.52 bits per heavy atom. The number of piperidine rings is 1. The fraction of sp³-hybridized carbons (Fsp3) is 0.364. The van der Waals surface area contributed by atoms with Gasteiger partial charge in [-0.25, -0.2) is 0 Å². The van der Waals surface area contributed by atoms with Crippen LogP contribution < -0.4 is 15.1 Å². The Balaban J connectivity index is 1.44. The Labute approximate surface area is 177 Å². The van der Waals surface area contributed by atoms with E-state index in [-0.39, 0.29) is 17.5 Å². The van der Waals surface area contributed by atoms with E-state index in [1.807, 2.05) is 29.2 Å². The third-order valence-corrected chi connectivity index (χ3v) is 5.48. The van der Waals surface area contributed by atoms with Crippen molar-refractivity contribution in [2.45, 2.75) is 19.0 Å². The van der Waals surface area contributed by atoms with Gasteiger partial charge in [0.15, 0.2) is 5.58 Å². The molecular weight excluding hydrogens is 409 g/mol. The van der Waals surface area contributed by atoms with E-state index in [1.165, 1.54) is 6.07 Å². The maximum atomic E-state index is 13.1. The number of nitrogens with one attached hydrogen (secondary N) is 1. The first kappa shape index (κ1) is 21.0. The highest BCUT2D eigenvalue weighted by atomic mass is 19.4. The van der Waals surface area contributed by atoms with E-state index in [4.69, 9.17) is 4.42 Å². The van der Waals surface area contributed by atoms with Crippen LogP contribution in [0.3, 0.4) is 0 Å². The van der Waals surface area contributed by atoms with Gasteiger partial charge in [-0.05, 0) is 43.2 Å². The van der Waals surface area contributed by atoms with E-state index >= 15 is 0 Å². The Morgan fingerprint density at radius 2 is 1.87 bits per heavy atom. The topological polar surface area (TPSA) is 61.6 Å². The van der Waals surface area contributed by atoms with Crippen molar-refractivity contribution in [1.82, 2.24) is 4.98 Å². The second kappa shape index (κ2) is 8.13. The zero-order valence-corrected chi connectivity index (χ0v) is 17.2. The molecule has 1 N–H and O–H groups in total. The quantitative estimate of drug-likeness (QED) is 0.644. The lowest BCUT2D eigenvalue weighted by Gasteiger charge is -2.30. The van der Waals surface area contributed by atoms with Crippen molar-refractivity contribution in [2.75, 3.05) is 42.3 Å². The minimum absolute atomic E-state index is 0.159. The second-order valence-corrected chi connectivity index (χ2v) is 7.84. The van der Waals surface area contributed by atoms with Crippen molar-refractivity contribution in [2.24, 2.45) is 5.92 Å². The number of alkyl halides is 3. The zero-order chi connectivity index (χ0) is 22.2. The molecule has 0 saturated carbocycles. The van der Waals surface area contributed by atoms with Gasteiger partial charge >= 0.3 is 6.18 Å². The van der Waals surface area contributed by atoms with Gasteiger partial charge in [-0.3, -0.25) is 4.79 Å². The largest absolute Gasteiger partial charge is 0.423 e. The van der Waals surface area contributed by atoms with E-state index < -0.39 is 11.7 Å². The summed E-state index contributed by atoms with van der Waals surface area (Å²) >= 11 is 0. The molecule has 164 valence electrons. The minimum atomic E-state index is -4.48. The van der Waals surface area contributed by atoms with Crippen molar-refractivity contribution in [3.8, 4) is 0 Å². The van der Waals surface area contributed by atoms with Gasteiger partial charge in [0, 0.05) is 33.1 Å². The van der Waals surface area contributed by atoms with Crippen LogP contribution in [0, 0.1) is 5.92 Å². The summed E-state index contributed by atoms with van der Waals surface area (Å²) in [5.41, 5.74) is 1.37. The van der Waals surface area contributed by atoms with E-state index in [9.17, 15) is 18.0 Å². The van der Waals surface area contributed by atoms with Crippen LogP contribution in [0.5, 0.6) is 0 Å². The van der Waals surface area contributed by atoms with Crippen molar-refractivity contribution in [3.05, 3.63) is 48.0 Å². The zero-order valence-electron chi connectivity index (χ0n) is 17.2. The Hall–Kier alpha value is -3.23. The lowest BCUT2D eigenvalue weighted by atomic mass is 9.96. The van der Waals surface area contributed by atoms with E-state index in [0.29, 0.717) is 43.2 Å². The molecule has 9 heteroatoms. The average molecular weight is 432 g/mol. The lowest BCUT2D eigenvalue weighted by Crippen LogP contribution is -2.38. The van der Waals surface area contributed by atoms with Gasteiger partial charge in [-0.1, -0.05) is 12.1 Å². The molecule has 4 rings (SSSR count). The number of benzene rings is 2. The van der Waals surface area contributed by atoms with Crippen LogP contribution in [0.25, 0.3) is 11.1 Å². The normalized spacial score (nSPS) is 15.3. The lowest BCUT2D eigenvalue weighted by molar-refractivity contribution is -0.137. The van der Waals surface area contributed by atoms with Crippen LogP contribution >= 0.6 is 0 Å². The van der Waals surface area contributed by atoms with E-state index in [1.54, 1.807) is 19.0 Å². The fourth-order valence-electron chi connectivity index (χ4n) is 3.77. The van der Waals surface area contributed by atoms with Crippen LogP contribution in [0.4, 0.5) is 30.6 Å². The van der Waals surface area contributed by atoms with Crippen molar-refractivity contribution in [1.29, 1.82) is 0 Å². The summed E-state index contributed by atoms with van der Waals surface area (Å²) in [7, 11) is 3.44. The number of para-hydroxylation sites is 2. The highest BCUT2D eigenvalue weighted by molar-refractivity contribution is 5.96. The van der Waals surface area contributed by atoms with Crippen molar-refractivity contribution < 1.29 is 22.4 Å². The molecule has 0 radical (unpaired) electrons. The number of oxazole rings is 1. The molecule has 1 amide bonds. The molecule has 6 nitrogen and oxygen atoms in total. The molecule has 1 aliphatic heterocycles. The molecule has 0 atom stereocenters. The highest BCUT2D eigenvalue weighted by Crippen LogP contribution is 2.35. The summed E-state index contributed by atoms with van der Waals surface area (Å²) in [6.45, 7) is 1.15. The number of rotatable bonds is 4. The molecule has 1 fully saturated rings. The SMILES string of the molecule is CN(C)c1ccc(C(F)(F)F)cc1NC(=O)C1CCN(c2nc3ccccc3o2)CC1. The van der Waals surface area contributed by atoms with Gasteiger partial charge in [0.25, 0.3) is 6.01 Å². The van der Waals surface area contributed by atoms with Crippen LogP contribution in [-0.4, -0.2) is 38.1 Å². The monoisotopic (exact) mass is 432 g/mol. The molecule has 0 spiro atoms. The summed E-state index contributed by atoms with van der Waals surface area (Å²) in [6.07, 6.45) is -3.36. The highest BCUT2D eigenvalue weighted by Gasteiger charge is 2.32. The van der Waals surface area contributed by atoms with E-state index in [0.717, 1.165) is 17.6 Å². The van der Waals surface area contributed by atoms with Crippen molar-refractivity contribution >= 4 is 34.4 Å². The first-order chi connectivity index (χ1) is 14.7. The number of halogens is 3. The maximum Gasteiger partial charge on any atom is 0.416 e. The van der Waals surface area contributed by atoms with Gasteiger partial charge < -0.3 is 19.5 Å². The molecule has 0 unspecified atom stereocenters. The number of nitrogens with zero attached hydrogens (tertiary/aromatic N) is 3. The number of hydrogen-bond acceptors (Lipinski definition) is 5. The Bertz CT molecular complexity index is 1050. The molecule has 3 aromatic rings. The third kappa shape index (κ3) is 4.45. The molecular formula is C22H23F3N4O2. The molecule has 2 aromatic carbocycles. The molecule has 1 saturated heterocycles. The third-order valence-electron chi connectivity index (χ3n) is 5.48. The maximum absolute atomic E-state index is 13.1. The smallest absolute Gasteiger partial charge is 0.416 e. The molecule has 31 heavy (non-hydrogen) atoms.